The van der Waals surface area contributed by atoms with Crippen LogP contribution in [0.5, 0.6) is 11.5 Å². The minimum atomic E-state index is -1.22. The molecule has 0 saturated carbocycles. The summed E-state index contributed by atoms with van der Waals surface area (Å²) in [5, 5.41) is 12.5. The molecule has 0 aliphatic carbocycles. The van der Waals surface area contributed by atoms with Crippen molar-refractivity contribution in [2.75, 3.05) is 25.1 Å². The van der Waals surface area contributed by atoms with Crippen LogP contribution in [0.1, 0.15) is 0 Å². The summed E-state index contributed by atoms with van der Waals surface area (Å²) in [5.74, 6) is -2.28. The molecule has 0 saturated heterocycles. The van der Waals surface area contributed by atoms with Crippen LogP contribution >= 0.6 is 11.6 Å². The predicted molar refractivity (Wildman–Crippen MR) is 133 cm³/mol. The van der Waals surface area contributed by atoms with Crippen LogP contribution in [0.2, 0.25) is 30.7 Å². The third kappa shape index (κ3) is 6.10. The van der Waals surface area contributed by atoms with Crippen molar-refractivity contribution in [3.63, 3.8) is 0 Å². The van der Waals surface area contributed by atoms with Gasteiger partial charge in [-0.1, -0.05) is 31.2 Å². The number of hydrogen-bond donors (Lipinski definition) is 2. The number of pyridine rings is 1. The van der Waals surface area contributed by atoms with Gasteiger partial charge >= 0.3 is 0 Å². The first-order chi connectivity index (χ1) is 16.6. The molecule has 2 N–H and O–H groups in total. The van der Waals surface area contributed by atoms with Gasteiger partial charge in [-0.3, -0.25) is 0 Å². The minimum Gasteiger partial charge on any atom is -0.457 e. The number of nitrogens with zero attached hydrogens (tertiary/aromatic N) is 3. The smallest absolute Gasteiger partial charge is 0.289 e. The van der Waals surface area contributed by atoms with Crippen LogP contribution in [-0.2, 0) is 16.2 Å². The third-order valence-electron chi connectivity index (χ3n) is 5.28. The Bertz CT molecular complexity index is 1230. The number of aliphatic hydroxyl groups is 1. The predicted octanol–water partition coefficient (Wildman–Crippen LogP) is 5.23. The van der Waals surface area contributed by atoms with Gasteiger partial charge in [0, 0.05) is 44.9 Å². The standard InChI is InChI=1S/C23H27ClF2N4O4Si/c1-35(2,3)7-6-32-13-30-11-16(24)20-19(4-5-27-22(20)30)34-21-17(25)8-14(9-18(21)26)29-23-28-10-15(12-31)33-23/h4-5,8-9,11,15,31H,6-7,10,12-13H2,1-3H3,(H,28,29)/t15-/m1/s1. The van der Waals surface area contributed by atoms with Crippen molar-refractivity contribution in [2.45, 2.75) is 38.5 Å². The van der Waals surface area contributed by atoms with Gasteiger partial charge in [0.15, 0.2) is 17.4 Å². The fraction of sp³-hybridized carbons (Fsp3) is 0.391. The number of nitrogens with one attached hydrogen (secondary N) is 1. The molecule has 1 aromatic carbocycles. The molecule has 2 aromatic heterocycles. The topological polar surface area (TPSA) is 90.1 Å². The molecule has 0 amide bonds. The second-order valence-corrected chi connectivity index (χ2v) is 15.4. The van der Waals surface area contributed by atoms with Crippen molar-refractivity contribution < 1.29 is 28.1 Å². The Labute approximate surface area is 207 Å². The second-order valence-electron chi connectivity index (χ2n) is 9.37. The lowest BCUT2D eigenvalue weighted by atomic mass is 10.2. The van der Waals surface area contributed by atoms with Crippen molar-refractivity contribution in [3.8, 4) is 11.5 Å². The maximum Gasteiger partial charge on any atom is 0.289 e. The van der Waals surface area contributed by atoms with Crippen molar-refractivity contribution in [1.29, 1.82) is 0 Å². The lowest BCUT2D eigenvalue weighted by Gasteiger charge is -2.15. The van der Waals surface area contributed by atoms with Crippen LogP contribution in [0.3, 0.4) is 0 Å². The van der Waals surface area contributed by atoms with Crippen LogP contribution in [-0.4, -0.2) is 54.6 Å². The van der Waals surface area contributed by atoms with E-state index in [1.807, 2.05) is 0 Å². The highest BCUT2D eigenvalue weighted by Crippen LogP contribution is 2.37. The van der Waals surface area contributed by atoms with Gasteiger partial charge < -0.3 is 29.2 Å². The van der Waals surface area contributed by atoms with Crippen molar-refractivity contribution >= 4 is 42.4 Å². The van der Waals surface area contributed by atoms with Crippen LogP contribution in [0, 0.1) is 11.6 Å². The van der Waals surface area contributed by atoms with Gasteiger partial charge in [0.25, 0.3) is 6.02 Å². The fourth-order valence-electron chi connectivity index (χ4n) is 3.41. The van der Waals surface area contributed by atoms with E-state index < -0.39 is 31.6 Å². The highest BCUT2D eigenvalue weighted by molar-refractivity contribution is 6.76. The van der Waals surface area contributed by atoms with Gasteiger partial charge in [0.05, 0.1) is 23.6 Å². The summed E-state index contributed by atoms with van der Waals surface area (Å²) in [4.78, 5) is 8.38. The molecule has 0 spiro atoms. The fourth-order valence-corrected chi connectivity index (χ4v) is 4.46. The molecule has 188 valence electrons. The van der Waals surface area contributed by atoms with E-state index >= 15 is 0 Å². The Hall–Kier alpha value is -2.73. The first kappa shape index (κ1) is 25.4. The summed E-state index contributed by atoms with van der Waals surface area (Å²) in [5.41, 5.74) is 0.568. The molecule has 0 bridgehead atoms. The van der Waals surface area contributed by atoms with E-state index in [-0.39, 0.29) is 37.3 Å². The molecule has 12 heteroatoms. The maximum absolute atomic E-state index is 14.8. The number of hydrogen-bond acceptors (Lipinski definition) is 7. The molecule has 1 aliphatic heterocycles. The Kier molecular flexibility index (Phi) is 7.60. The number of aliphatic imine (C=N–C) groups is 1. The van der Waals surface area contributed by atoms with E-state index in [1.54, 1.807) is 10.8 Å². The Morgan fingerprint density at radius 1 is 1.29 bits per heavy atom. The van der Waals surface area contributed by atoms with Crippen LogP contribution in [0.4, 0.5) is 14.5 Å². The monoisotopic (exact) mass is 524 g/mol. The largest absolute Gasteiger partial charge is 0.457 e. The lowest BCUT2D eigenvalue weighted by molar-refractivity contribution is 0.0899. The first-order valence-corrected chi connectivity index (χ1v) is 15.2. The number of benzene rings is 1. The molecule has 0 unspecified atom stereocenters. The Balaban J connectivity index is 1.52. The van der Waals surface area contributed by atoms with Crippen LogP contribution in [0.25, 0.3) is 11.0 Å². The van der Waals surface area contributed by atoms with Gasteiger partial charge in [-0.2, -0.15) is 0 Å². The molecule has 3 heterocycles. The minimum absolute atomic E-state index is 0.0764. The summed E-state index contributed by atoms with van der Waals surface area (Å²) in [6.07, 6.45) is 2.65. The zero-order valence-electron chi connectivity index (χ0n) is 19.6. The number of rotatable bonds is 9. The van der Waals surface area contributed by atoms with Gasteiger partial charge in [-0.25, -0.2) is 18.8 Å². The molecular weight excluding hydrogens is 498 g/mol. The number of ether oxygens (including phenoxy) is 3. The van der Waals surface area contributed by atoms with E-state index in [9.17, 15) is 8.78 Å². The quantitative estimate of drug-likeness (QED) is 0.294. The van der Waals surface area contributed by atoms with Crippen molar-refractivity contribution in [2.24, 2.45) is 4.99 Å². The summed E-state index contributed by atoms with van der Waals surface area (Å²) in [6, 6.07) is 4.72. The normalized spacial score (nSPS) is 15.9. The molecular formula is C23H27ClF2N4O4Si. The zero-order chi connectivity index (χ0) is 25.2. The maximum atomic E-state index is 14.8. The highest BCUT2D eigenvalue weighted by Gasteiger charge is 2.22. The van der Waals surface area contributed by atoms with E-state index in [4.69, 9.17) is 30.9 Å². The second kappa shape index (κ2) is 10.5. The molecule has 3 aromatic rings. The van der Waals surface area contributed by atoms with E-state index in [2.05, 4.69) is 34.9 Å². The average molecular weight is 525 g/mol. The third-order valence-corrected chi connectivity index (χ3v) is 7.27. The summed E-state index contributed by atoms with van der Waals surface area (Å²) >= 11 is 6.43. The van der Waals surface area contributed by atoms with Gasteiger partial charge in [-0.15, -0.1) is 0 Å². The molecule has 1 aliphatic rings. The van der Waals surface area contributed by atoms with Crippen molar-refractivity contribution in [3.05, 3.63) is 47.2 Å². The summed E-state index contributed by atoms with van der Waals surface area (Å²) < 4.78 is 48.1. The average Bonchev–Trinajstić information content (AvgIpc) is 3.37. The van der Waals surface area contributed by atoms with Gasteiger partial charge in [0.2, 0.25) is 0 Å². The number of anilines is 1. The number of fused-ring (bicyclic) bond motifs is 1. The molecule has 8 nitrogen and oxygen atoms in total. The molecule has 0 fully saturated rings. The molecule has 0 radical (unpaired) electrons. The number of aromatic nitrogens is 2. The van der Waals surface area contributed by atoms with E-state index in [0.717, 1.165) is 18.2 Å². The first-order valence-electron chi connectivity index (χ1n) is 11.1. The van der Waals surface area contributed by atoms with E-state index in [1.165, 1.54) is 12.3 Å². The van der Waals surface area contributed by atoms with Gasteiger partial charge in [-0.05, 0) is 12.1 Å². The van der Waals surface area contributed by atoms with Crippen LogP contribution in [0.15, 0.2) is 35.6 Å². The summed E-state index contributed by atoms with van der Waals surface area (Å²) in [6.45, 7) is 7.73. The number of amidine groups is 1. The Morgan fingerprint density at radius 3 is 2.69 bits per heavy atom. The number of halogens is 3. The lowest BCUT2D eigenvalue weighted by Crippen LogP contribution is -2.22. The molecule has 4 rings (SSSR count). The highest BCUT2D eigenvalue weighted by atomic mass is 35.5. The zero-order valence-corrected chi connectivity index (χ0v) is 21.4. The molecule has 1 atom stereocenters. The van der Waals surface area contributed by atoms with Crippen LogP contribution < -0.4 is 10.1 Å². The SMILES string of the molecule is C[Si](C)(C)CCOCn1cc(Cl)c2c(Oc3c(F)cc(NC4=NC[C@H](CO)O4)cc3F)ccnc21. The van der Waals surface area contributed by atoms with Gasteiger partial charge in [0.1, 0.15) is 24.2 Å². The molecule has 35 heavy (non-hydrogen) atoms. The summed E-state index contributed by atoms with van der Waals surface area (Å²) in [7, 11) is -1.22. The number of aliphatic hydroxyl groups excluding tert-OH is 1. The Morgan fingerprint density at radius 2 is 2.03 bits per heavy atom. The van der Waals surface area contributed by atoms with Crippen molar-refractivity contribution in [1.82, 2.24) is 9.55 Å². The van der Waals surface area contributed by atoms with E-state index in [0.29, 0.717) is 22.7 Å².